The van der Waals surface area contributed by atoms with Gasteiger partial charge in [0.15, 0.2) is 0 Å². The summed E-state index contributed by atoms with van der Waals surface area (Å²) in [6, 6.07) is 36.2. The Morgan fingerprint density at radius 2 is 1.39 bits per heavy atom. The zero-order valence-corrected chi connectivity index (χ0v) is 29.0. The third kappa shape index (κ3) is 4.89. The molecule has 3 heterocycles. The molecule has 242 valence electrons. The van der Waals surface area contributed by atoms with Crippen LogP contribution in [0.3, 0.4) is 0 Å². The lowest BCUT2D eigenvalue weighted by atomic mass is 9.45. The third-order valence-corrected chi connectivity index (χ3v) is 10.3. The van der Waals surface area contributed by atoms with Gasteiger partial charge in [-0.1, -0.05) is 96.1 Å². The molecule has 3 aliphatic rings. The Labute approximate surface area is 289 Å². The van der Waals surface area contributed by atoms with E-state index in [-0.39, 0.29) is 23.8 Å². The molecule has 0 saturated heterocycles. The summed E-state index contributed by atoms with van der Waals surface area (Å²) in [6.45, 7) is 13.6. The monoisotopic (exact) mass is 641 g/mol. The van der Waals surface area contributed by atoms with E-state index in [0.29, 0.717) is 0 Å². The van der Waals surface area contributed by atoms with Crippen molar-refractivity contribution in [2.24, 2.45) is 0 Å². The number of rotatable bonds is 4. The number of hydrogen-bond acceptors (Lipinski definition) is 3. The molecule has 9 rings (SSSR count). The van der Waals surface area contributed by atoms with Gasteiger partial charge < -0.3 is 18.7 Å². The Balaban J connectivity index is 1.32. The molecule has 5 aromatic carbocycles. The molecule has 0 amide bonds. The van der Waals surface area contributed by atoms with Gasteiger partial charge in [-0.2, -0.15) is 0 Å². The lowest BCUT2D eigenvalue weighted by Gasteiger charge is -2.36. The van der Waals surface area contributed by atoms with Crippen LogP contribution in [0.4, 0.5) is 0 Å². The van der Waals surface area contributed by atoms with Crippen LogP contribution in [0.1, 0.15) is 63.9 Å². The molecule has 49 heavy (non-hydrogen) atoms. The second-order valence-electron chi connectivity index (χ2n) is 15.7. The van der Waals surface area contributed by atoms with Crippen LogP contribution >= 0.6 is 0 Å². The molecule has 0 fully saturated rings. The van der Waals surface area contributed by atoms with E-state index in [1.54, 1.807) is 0 Å². The molecule has 4 nitrogen and oxygen atoms in total. The fraction of sp³-hybridized carbons (Fsp3) is 0.227. The van der Waals surface area contributed by atoms with Crippen molar-refractivity contribution in [3.8, 4) is 39.9 Å². The lowest BCUT2D eigenvalue weighted by molar-refractivity contribution is 0.249. The summed E-state index contributed by atoms with van der Waals surface area (Å²) in [4.78, 5) is 0. The van der Waals surface area contributed by atoms with Crippen molar-refractivity contribution in [2.75, 3.05) is 0 Å². The van der Waals surface area contributed by atoms with E-state index in [0.717, 1.165) is 35.2 Å². The summed E-state index contributed by atoms with van der Waals surface area (Å²) in [5, 5.41) is 1.21. The largest absolute Gasteiger partial charge is 0.486 e. The van der Waals surface area contributed by atoms with Gasteiger partial charge in [-0.05, 0) is 99.2 Å². The molecule has 1 aromatic heterocycles. The highest BCUT2D eigenvalue weighted by molar-refractivity contribution is 6.88. The van der Waals surface area contributed by atoms with E-state index in [1.807, 2.05) is 60.7 Å². The van der Waals surface area contributed by atoms with Crippen molar-refractivity contribution in [2.45, 2.75) is 64.9 Å². The normalized spacial score (nSPS) is 15.7. The quantitative estimate of drug-likeness (QED) is 0.179. The third-order valence-electron chi connectivity index (χ3n) is 10.3. The van der Waals surface area contributed by atoms with Crippen molar-refractivity contribution in [1.82, 2.24) is 4.48 Å². The van der Waals surface area contributed by atoms with Crippen molar-refractivity contribution in [1.29, 1.82) is 0 Å². The number of ether oxygens (including phenoxy) is 3. The minimum Gasteiger partial charge on any atom is -0.486 e. The van der Waals surface area contributed by atoms with Gasteiger partial charge in [0.1, 0.15) is 34.9 Å². The van der Waals surface area contributed by atoms with Gasteiger partial charge in [-0.15, -0.1) is 0 Å². The minimum atomic E-state index is -0.0846. The van der Waals surface area contributed by atoms with E-state index < -0.39 is 0 Å². The first-order valence-electron chi connectivity index (χ1n) is 17.4. The van der Waals surface area contributed by atoms with Crippen LogP contribution in [0.5, 0.6) is 28.7 Å². The molecule has 0 spiro atoms. The number of fused-ring (bicyclic) bond motifs is 7. The smallest absolute Gasteiger partial charge is 0.336 e. The van der Waals surface area contributed by atoms with Crippen LogP contribution in [0.15, 0.2) is 109 Å². The van der Waals surface area contributed by atoms with Crippen LogP contribution in [-0.2, 0) is 17.3 Å². The second kappa shape index (κ2) is 10.7. The number of aromatic nitrogens is 1. The lowest BCUT2D eigenvalue weighted by Crippen LogP contribution is -2.55. The Bertz CT molecular complexity index is 2310. The van der Waals surface area contributed by atoms with Gasteiger partial charge in [0.25, 0.3) is 0 Å². The molecule has 0 radical (unpaired) electrons. The van der Waals surface area contributed by atoms with Crippen molar-refractivity contribution in [3.05, 3.63) is 132 Å². The van der Waals surface area contributed by atoms with Crippen LogP contribution in [0.25, 0.3) is 28.1 Å². The van der Waals surface area contributed by atoms with Crippen LogP contribution in [0.2, 0.25) is 0 Å². The maximum absolute atomic E-state index is 6.95. The van der Waals surface area contributed by atoms with Crippen molar-refractivity contribution >= 4 is 34.8 Å². The molecule has 6 aromatic rings. The Kier molecular flexibility index (Phi) is 6.52. The molecule has 0 saturated carbocycles. The van der Waals surface area contributed by atoms with E-state index >= 15 is 0 Å². The van der Waals surface area contributed by atoms with Crippen LogP contribution < -0.4 is 25.1 Å². The van der Waals surface area contributed by atoms with Crippen LogP contribution in [0, 0.1) is 0 Å². The van der Waals surface area contributed by atoms with Crippen molar-refractivity contribution in [3.63, 3.8) is 0 Å². The van der Waals surface area contributed by atoms with E-state index in [4.69, 9.17) is 14.2 Å². The van der Waals surface area contributed by atoms with Gasteiger partial charge >= 0.3 is 6.85 Å². The number of para-hydroxylation sites is 2. The first kappa shape index (κ1) is 29.9. The van der Waals surface area contributed by atoms with Gasteiger partial charge in [-0.3, -0.25) is 0 Å². The van der Waals surface area contributed by atoms with Crippen LogP contribution in [-0.4, -0.2) is 17.4 Å². The maximum Gasteiger partial charge on any atom is 0.336 e. The highest BCUT2D eigenvalue weighted by Gasteiger charge is 2.43. The maximum atomic E-state index is 6.95. The number of nitrogens with zero attached hydrogens (tertiary/aromatic N) is 1. The summed E-state index contributed by atoms with van der Waals surface area (Å²) in [6.07, 6.45) is 5.17. The zero-order valence-electron chi connectivity index (χ0n) is 29.0. The van der Waals surface area contributed by atoms with Gasteiger partial charge in [0.05, 0.1) is 0 Å². The molecular weight excluding hydrogens is 601 g/mol. The topological polar surface area (TPSA) is 32.6 Å². The summed E-state index contributed by atoms with van der Waals surface area (Å²) in [7, 11) is 0. The van der Waals surface area contributed by atoms with E-state index in [9.17, 15) is 0 Å². The first-order chi connectivity index (χ1) is 23.5. The zero-order chi connectivity index (χ0) is 33.7. The summed E-state index contributed by atoms with van der Waals surface area (Å²) in [5.74, 6) is 4.40. The molecule has 2 aliphatic heterocycles. The molecule has 5 heteroatoms. The minimum absolute atomic E-state index is 0.00177. The highest BCUT2D eigenvalue weighted by atomic mass is 16.5. The average Bonchev–Trinajstić information content (AvgIpc) is 3.39. The summed E-state index contributed by atoms with van der Waals surface area (Å²) in [5.41, 5.74) is 11.0. The SMILES string of the molecule is CC(C)(C)c1ccc2c(c1)Oc1cc(C(C)(C)C)cc3c1B2n1c2c(c4cc(Oc5ccccc5)cc-3c41)CC(Oc1ccccc1)C=C2. The Morgan fingerprint density at radius 3 is 2.10 bits per heavy atom. The fourth-order valence-corrected chi connectivity index (χ4v) is 7.78. The highest BCUT2D eigenvalue weighted by Crippen LogP contribution is 2.47. The number of hydrogen-bond donors (Lipinski definition) is 0. The summed E-state index contributed by atoms with van der Waals surface area (Å²) < 4.78 is 22.7. The van der Waals surface area contributed by atoms with E-state index in [2.05, 4.69) is 101 Å². The van der Waals surface area contributed by atoms with Gasteiger partial charge in [0.2, 0.25) is 0 Å². The molecule has 1 unspecified atom stereocenters. The molecule has 0 bridgehead atoms. The summed E-state index contributed by atoms with van der Waals surface area (Å²) >= 11 is 0. The molecule has 1 aliphatic carbocycles. The fourth-order valence-electron chi connectivity index (χ4n) is 7.78. The molecular formula is C44H40BNO3. The predicted octanol–water partition coefficient (Wildman–Crippen LogP) is 9.79. The Hall–Kier alpha value is -5.16. The molecule has 1 atom stereocenters. The standard InChI is InChI=1S/C44H40BNO3/c1-43(2,3)27-17-19-37-39(22-27)49-40-23-28(44(4,5)6)21-34-36-26-32(48-30-15-11-8-12-16-30)25-35-33-24-31(47-29-13-9-7-10-14-29)18-20-38(33)46(42(35)36)45(37)41(34)40/h7-23,25-26,31H,24H2,1-6H3. The van der Waals surface area contributed by atoms with Gasteiger partial charge in [0, 0.05) is 34.0 Å². The number of benzene rings is 5. The average molecular weight is 642 g/mol. The van der Waals surface area contributed by atoms with E-state index in [1.165, 1.54) is 55.3 Å². The second-order valence-corrected chi connectivity index (χ2v) is 15.7. The first-order valence-corrected chi connectivity index (χ1v) is 17.4. The Morgan fingerprint density at radius 1 is 0.694 bits per heavy atom. The molecule has 0 N–H and O–H groups in total. The van der Waals surface area contributed by atoms with Gasteiger partial charge in [-0.25, -0.2) is 0 Å². The van der Waals surface area contributed by atoms with Crippen molar-refractivity contribution < 1.29 is 14.2 Å². The predicted molar refractivity (Wildman–Crippen MR) is 202 cm³/mol.